The summed E-state index contributed by atoms with van der Waals surface area (Å²) in [6.45, 7) is 0. The first-order valence-corrected chi connectivity index (χ1v) is 13.2. The van der Waals surface area contributed by atoms with Gasteiger partial charge in [0, 0.05) is 22.4 Å². The maximum atomic E-state index is 13.7. The number of para-hydroxylation sites is 2. The summed E-state index contributed by atoms with van der Waals surface area (Å²) in [5.41, 5.74) is 8.66. The van der Waals surface area contributed by atoms with Crippen molar-refractivity contribution < 1.29 is 8.83 Å². The summed E-state index contributed by atoms with van der Waals surface area (Å²) in [7, 11) is 0. The second-order valence-corrected chi connectivity index (χ2v) is 10.1. The van der Waals surface area contributed by atoms with E-state index in [4.69, 9.17) is 8.83 Å². The molecule has 5 nitrogen and oxygen atoms in total. The summed E-state index contributed by atoms with van der Waals surface area (Å²) in [6.07, 6.45) is 0. The van der Waals surface area contributed by atoms with Crippen molar-refractivity contribution in [1.29, 1.82) is 0 Å². The highest BCUT2D eigenvalue weighted by molar-refractivity contribution is 6.13. The second kappa shape index (κ2) is 7.74. The summed E-state index contributed by atoms with van der Waals surface area (Å²) in [5.74, 6) is -0.430. The first-order chi connectivity index (χ1) is 19.8. The first kappa shape index (κ1) is 21.4. The highest BCUT2D eigenvalue weighted by atomic mass is 16.4. The van der Waals surface area contributed by atoms with Gasteiger partial charge in [-0.3, -0.25) is 0 Å². The molecule has 5 heteroatoms. The topological polar surface area (TPSA) is 53.2 Å². The molecular weight excluding hydrogens is 496 g/mol. The van der Waals surface area contributed by atoms with Crippen molar-refractivity contribution in [1.82, 2.24) is 9.13 Å². The van der Waals surface area contributed by atoms with Gasteiger partial charge in [-0.15, -0.1) is 0 Å². The summed E-state index contributed by atoms with van der Waals surface area (Å²) < 4.78 is 16.2. The van der Waals surface area contributed by atoms with Crippen LogP contribution in [-0.4, -0.2) is 9.13 Å². The molecule has 2 aliphatic rings. The number of fused-ring (bicyclic) bond motifs is 5. The molecule has 6 aromatic carbocycles. The van der Waals surface area contributed by atoms with Gasteiger partial charge in [0.25, 0.3) is 0 Å². The number of nitrogens with zero attached hydrogens (tertiary/aromatic N) is 2. The van der Waals surface area contributed by atoms with E-state index in [1.54, 1.807) is 4.57 Å². The minimum absolute atomic E-state index is 0.430. The second-order valence-electron chi connectivity index (χ2n) is 10.1. The SMILES string of the molecule is O=c1oc2cccc3ccc4c(c32)-n1c1cc2oc3ccccc3c2cc1n4-c1ccccc1-c1ccccc1. The molecule has 1 aromatic heterocycles. The van der Waals surface area contributed by atoms with Gasteiger partial charge in [-0.25, -0.2) is 9.36 Å². The maximum absolute atomic E-state index is 13.7. The Morgan fingerprint density at radius 3 is 2.23 bits per heavy atom. The van der Waals surface area contributed by atoms with Crippen LogP contribution in [0.25, 0.3) is 77.3 Å². The monoisotopic (exact) mass is 516 g/mol. The van der Waals surface area contributed by atoms with Crippen LogP contribution in [0.4, 0.5) is 0 Å². The van der Waals surface area contributed by atoms with Crippen molar-refractivity contribution in [2.75, 3.05) is 0 Å². The zero-order valence-corrected chi connectivity index (χ0v) is 21.2. The Balaban J connectivity index is 1.57. The zero-order chi connectivity index (χ0) is 26.4. The van der Waals surface area contributed by atoms with Gasteiger partial charge in [-0.2, -0.15) is 0 Å². The van der Waals surface area contributed by atoms with E-state index in [1.807, 2.05) is 42.5 Å². The molecule has 2 aliphatic heterocycles. The fourth-order valence-corrected chi connectivity index (χ4v) is 6.28. The number of rotatable bonds is 2. The van der Waals surface area contributed by atoms with E-state index >= 15 is 0 Å². The Labute approximate surface area is 227 Å². The van der Waals surface area contributed by atoms with E-state index in [0.717, 1.165) is 66.2 Å². The van der Waals surface area contributed by atoms with Crippen LogP contribution in [0.2, 0.25) is 0 Å². The summed E-state index contributed by atoms with van der Waals surface area (Å²) in [5, 5.41) is 3.95. The molecule has 0 spiro atoms. The molecule has 7 aromatic rings. The van der Waals surface area contributed by atoms with E-state index in [9.17, 15) is 4.79 Å². The van der Waals surface area contributed by atoms with Gasteiger partial charge in [0.1, 0.15) is 16.7 Å². The third-order valence-corrected chi connectivity index (χ3v) is 7.99. The Kier molecular flexibility index (Phi) is 4.14. The van der Waals surface area contributed by atoms with E-state index in [2.05, 4.69) is 83.4 Å². The minimum Gasteiger partial charge on any atom is -0.456 e. The van der Waals surface area contributed by atoms with Crippen LogP contribution < -0.4 is 5.76 Å². The summed E-state index contributed by atoms with van der Waals surface area (Å²) in [4.78, 5) is 13.7. The predicted molar refractivity (Wildman–Crippen MR) is 160 cm³/mol. The lowest BCUT2D eigenvalue weighted by atomic mass is 10.0. The normalized spacial score (nSPS) is 12.1. The van der Waals surface area contributed by atoms with Gasteiger partial charge in [-0.1, -0.05) is 84.9 Å². The average molecular weight is 517 g/mol. The van der Waals surface area contributed by atoms with Gasteiger partial charge >= 0.3 is 5.76 Å². The van der Waals surface area contributed by atoms with Crippen LogP contribution in [-0.2, 0) is 0 Å². The lowest BCUT2D eigenvalue weighted by molar-refractivity contribution is 0.513. The summed E-state index contributed by atoms with van der Waals surface area (Å²) >= 11 is 0. The standard InChI is InChI=1S/C35H20N2O3/c38-35-37-29-20-32-25(24-13-5-7-15-30(24)39-32)19-28(29)36(26-14-6-4-12-23(26)21-9-2-1-3-10-21)27-18-17-22-11-8-16-31(40-35)33(22)34(27)37/h1-20H. The van der Waals surface area contributed by atoms with Crippen molar-refractivity contribution in [2.45, 2.75) is 0 Å². The molecular formula is C35H20N2O3. The van der Waals surface area contributed by atoms with Crippen molar-refractivity contribution in [2.24, 2.45) is 0 Å². The zero-order valence-electron chi connectivity index (χ0n) is 21.2. The molecule has 0 bridgehead atoms. The first-order valence-electron chi connectivity index (χ1n) is 13.2. The van der Waals surface area contributed by atoms with Crippen molar-refractivity contribution in [3.63, 3.8) is 0 Å². The molecule has 0 fully saturated rings. The fraction of sp³-hybridized carbons (Fsp3) is 0. The molecule has 0 amide bonds. The molecule has 0 aliphatic carbocycles. The molecule has 0 unspecified atom stereocenters. The summed E-state index contributed by atoms with van der Waals surface area (Å²) in [6, 6.07) is 41.0. The number of hydrogen-bond acceptors (Lipinski definition) is 3. The maximum Gasteiger partial charge on any atom is 0.424 e. The average Bonchev–Trinajstić information content (AvgIpc) is 3.36. The Morgan fingerprint density at radius 2 is 1.30 bits per heavy atom. The number of aromatic nitrogens is 2. The van der Waals surface area contributed by atoms with E-state index < -0.39 is 5.76 Å². The number of hydrogen-bond donors (Lipinski definition) is 0. The van der Waals surface area contributed by atoms with Crippen molar-refractivity contribution in [3.05, 3.63) is 132 Å². The van der Waals surface area contributed by atoms with Crippen LogP contribution in [0.15, 0.2) is 135 Å². The lowest BCUT2D eigenvalue weighted by Crippen LogP contribution is -2.22. The van der Waals surface area contributed by atoms with E-state index in [-0.39, 0.29) is 0 Å². The van der Waals surface area contributed by atoms with Crippen LogP contribution in [0.3, 0.4) is 0 Å². The van der Waals surface area contributed by atoms with Crippen molar-refractivity contribution in [3.8, 4) is 22.5 Å². The van der Waals surface area contributed by atoms with Gasteiger partial charge in [0.15, 0.2) is 0 Å². The van der Waals surface area contributed by atoms with Crippen LogP contribution >= 0.6 is 0 Å². The fourth-order valence-electron chi connectivity index (χ4n) is 6.28. The highest BCUT2D eigenvalue weighted by Crippen LogP contribution is 2.41. The molecule has 40 heavy (non-hydrogen) atoms. The molecule has 0 radical (unpaired) electrons. The molecule has 9 rings (SSSR count). The van der Waals surface area contributed by atoms with Gasteiger partial charge in [0.2, 0.25) is 0 Å². The molecule has 188 valence electrons. The highest BCUT2D eigenvalue weighted by Gasteiger charge is 2.25. The lowest BCUT2D eigenvalue weighted by Gasteiger charge is -2.25. The van der Waals surface area contributed by atoms with E-state index in [1.165, 1.54) is 0 Å². The Morgan fingerprint density at radius 1 is 0.525 bits per heavy atom. The molecule has 0 N–H and O–H groups in total. The smallest absolute Gasteiger partial charge is 0.424 e. The van der Waals surface area contributed by atoms with Gasteiger partial charge in [-0.05, 0) is 41.3 Å². The molecule has 0 saturated heterocycles. The quantitative estimate of drug-likeness (QED) is 0.171. The predicted octanol–water partition coefficient (Wildman–Crippen LogP) is 8.69. The molecule has 0 atom stereocenters. The largest absolute Gasteiger partial charge is 0.456 e. The van der Waals surface area contributed by atoms with Crippen LogP contribution in [0.1, 0.15) is 0 Å². The molecule has 3 heterocycles. The third-order valence-electron chi connectivity index (χ3n) is 7.99. The Bertz CT molecular complexity index is 2450. The van der Waals surface area contributed by atoms with E-state index in [0.29, 0.717) is 11.1 Å². The molecule has 0 saturated carbocycles. The number of furan rings is 1. The van der Waals surface area contributed by atoms with Crippen molar-refractivity contribution >= 4 is 54.8 Å². The van der Waals surface area contributed by atoms with Gasteiger partial charge in [0.05, 0.1) is 33.3 Å². The van der Waals surface area contributed by atoms with Crippen LogP contribution in [0.5, 0.6) is 0 Å². The minimum atomic E-state index is -0.430. The number of benzene rings is 6. The van der Waals surface area contributed by atoms with Gasteiger partial charge < -0.3 is 13.4 Å². The Hall–Kier alpha value is -5.55. The third kappa shape index (κ3) is 2.78. The van der Waals surface area contributed by atoms with Crippen LogP contribution in [0, 0.1) is 0 Å².